The van der Waals surface area contributed by atoms with Crippen LogP contribution >= 0.6 is 11.8 Å². The molecule has 0 aliphatic heterocycles. The van der Waals surface area contributed by atoms with E-state index in [1.165, 1.54) is 17.8 Å². The average Bonchev–Trinajstić information content (AvgIpc) is 2.36. The lowest BCUT2D eigenvalue weighted by atomic mass is 10.2. The molecule has 4 heteroatoms. The minimum Gasteiger partial charge on any atom is -0.387 e. The van der Waals surface area contributed by atoms with Gasteiger partial charge in [0.2, 0.25) is 0 Å². The molecule has 1 unspecified atom stereocenters. The van der Waals surface area contributed by atoms with Crippen molar-refractivity contribution < 1.29 is 9.50 Å². The average molecular weight is 263 g/mol. The fourth-order valence-electron chi connectivity index (χ4n) is 1.59. The minimum absolute atomic E-state index is 0.424. The fraction of sp³-hybridized carbons (Fsp3) is 0.214. The highest BCUT2D eigenvalue weighted by molar-refractivity contribution is 7.99. The molecule has 1 atom stereocenters. The highest BCUT2D eigenvalue weighted by atomic mass is 32.2. The number of halogens is 1. The molecular formula is C14H14FNOS. The Bertz CT molecular complexity index is 533. The van der Waals surface area contributed by atoms with E-state index in [0.29, 0.717) is 11.3 Å². The molecule has 2 rings (SSSR count). The van der Waals surface area contributed by atoms with Gasteiger partial charge in [-0.3, -0.25) is 4.98 Å². The number of nitrogens with zero attached hydrogens (tertiary/aromatic N) is 1. The van der Waals surface area contributed by atoms with Crippen molar-refractivity contribution in [1.29, 1.82) is 0 Å². The van der Waals surface area contributed by atoms with Crippen LogP contribution in [0.4, 0.5) is 4.39 Å². The van der Waals surface area contributed by atoms with Crippen LogP contribution in [-0.4, -0.2) is 15.8 Å². The molecule has 2 aromatic rings. The summed E-state index contributed by atoms with van der Waals surface area (Å²) in [6.07, 6.45) is 1.91. The number of thioether (sulfide) groups is 1. The Morgan fingerprint density at radius 3 is 2.89 bits per heavy atom. The first-order valence-corrected chi connectivity index (χ1v) is 6.61. The summed E-state index contributed by atoms with van der Waals surface area (Å²) in [6.45, 7) is 2.02. The lowest BCUT2D eigenvalue weighted by Gasteiger charge is -2.10. The third-order valence-electron chi connectivity index (χ3n) is 2.51. The molecule has 2 nitrogen and oxygen atoms in total. The number of rotatable bonds is 4. The van der Waals surface area contributed by atoms with Crippen LogP contribution in [0.2, 0.25) is 0 Å². The van der Waals surface area contributed by atoms with Gasteiger partial charge in [-0.1, -0.05) is 17.7 Å². The van der Waals surface area contributed by atoms with E-state index in [9.17, 15) is 9.50 Å². The van der Waals surface area contributed by atoms with E-state index in [2.05, 4.69) is 11.1 Å². The number of pyridine rings is 1. The van der Waals surface area contributed by atoms with E-state index in [4.69, 9.17) is 0 Å². The summed E-state index contributed by atoms with van der Waals surface area (Å²) < 4.78 is 13.0. The number of hydrogen-bond acceptors (Lipinski definition) is 3. The molecule has 1 heterocycles. The molecule has 18 heavy (non-hydrogen) atoms. The largest absolute Gasteiger partial charge is 0.387 e. The quantitative estimate of drug-likeness (QED) is 0.859. The second-order valence-electron chi connectivity index (χ2n) is 4.08. The zero-order valence-corrected chi connectivity index (χ0v) is 10.8. The molecule has 0 fully saturated rings. The highest BCUT2D eigenvalue weighted by Gasteiger charge is 2.09. The lowest BCUT2D eigenvalue weighted by molar-refractivity contribution is 0.203. The van der Waals surface area contributed by atoms with Gasteiger partial charge in [0.25, 0.3) is 0 Å². The van der Waals surface area contributed by atoms with Gasteiger partial charge in [-0.2, -0.15) is 0 Å². The van der Waals surface area contributed by atoms with E-state index < -0.39 is 11.9 Å². The summed E-state index contributed by atoms with van der Waals surface area (Å²) in [5.41, 5.74) is 1.69. The van der Waals surface area contributed by atoms with Crippen molar-refractivity contribution in [2.45, 2.75) is 17.9 Å². The van der Waals surface area contributed by atoms with Gasteiger partial charge in [0.05, 0.1) is 12.3 Å². The first kappa shape index (κ1) is 13.1. The Kier molecular flexibility index (Phi) is 4.33. The zero-order valence-electron chi connectivity index (χ0n) is 10.0. The predicted octanol–water partition coefficient (Wildman–Crippen LogP) is 3.35. The molecule has 1 N–H and O–H groups in total. The maximum absolute atomic E-state index is 13.0. The Balaban J connectivity index is 1.98. The third kappa shape index (κ3) is 3.55. The highest BCUT2D eigenvalue weighted by Crippen LogP contribution is 2.25. The first-order valence-electron chi connectivity index (χ1n) is 5.63. The summed E-state index contributed by atoms with van der Waals surface area (Å²) in [7, 11) is 0. The Labute approximate surface area is 110 Å². The lowest BCUT2D eigenvalue weighted by Crippen LogP contribution is -2.01. The summed E-state index contributed by atoms with van der Waals surface area (Å²) >= 11 is 1.54. The molecule has 0 saturated heterocycles. The SMILES string of the molecule is Cc1cccc(SCC(O)c2cncc(F)c2)c1. The predicted molar refractivity (Wildman–Crippen MR) is 71.1 cm³/mol. The van der Waals surface area contributed by atoms with E-state index in [1.54, 1.807) is 11.8 Å². The second-order valence-corrected chi connectivity index (χ2v) is 5.17. The van der Waals surface area contributed by atoms with Crippen LogP contribution in [0.5, 0.6) is 0 Å². The van der Waals surface area contributed by atoms with E-state index in [1.807, 2.05) is 25.1 Å². The molecule has 0 saturated carbocycles. The van der Waals surface area contributed by atoms with Crippen molar-refractivity contribution in [3.8, 4) is 0 Å². The molecule has 0 spiro atoms. The van der Waals surface area contributed by atoms with Crippen LogP contribution in [0, 0.1) is 12.7 Å². The molecule has 1 aromatic heterocycles. The van der Waals surface area contributed by atoms with Crippen molar-refractivity contribution in [2.75, 3.05) is 5.75 Å². The number of hydrogen-bond donors (Lipinski definition) is 1. The normalized spacial score (nSPS) is 12.4. The minimum atomic E-state index is -0.710. The Hall–Kier alpha value is -1.39. The monoisotopic (exact) mass is 263 g/mol. The van der Waals surface area contributed by atoms with E-state index in [0.717, 1.165) is 11.1 Å². The Morgan fingerprint density at radius 2 is 2.17 bits per heavy atom. The molecule has 0 aliphatic rings. The van der Waals surface area contributed by atoms with Crippen molar-refractivity contribution in [1.82, 2.24) is 4.98 Å². The van der Waals surface area contributed by atoms with Crippen LogP contribution in [0.3, 0.4) is 0 Å². The van der Waals surface area contributed by atoms with E-state index >= 15 is 0 Å². The Morgan fingerprint density at radius 1 is 1.33 bits per heavy atom. The number of aromatic nitrogens is 1. The number of aliphatic hydroxyl groups excluding tert-OH is 1. The number of benzene rings is 1. The van der Waals surface area contributed by atoms with Gasteiger partial charge in [-0.05, 0) is 25.1 Å². The summed E-state index contributed by atoms with van der Waals surface area (Å²) in [5, 5.41) is 9.95. The van der Waals surface area contributed by atoms with Crippen LogP contribution in [0.15, 0.2) is 47.6 Å². The molecule has 0 aliphatic carbocycles. The standard InChI is InChI=1S/C14H14FNOS/c1-10-3-2-4-13(5-10)18-9-14(17)11-6-12(15)8-16-7-11/h2-8,14,17H,9H2,1H3. The number of aliphatic hydroxyl groups is 1. The van der Waals surface area contributed by atoms with Gasteiger partial charge in [-0.25, -0.2) is 4.39 Å². The van der Waals surface area contributed by atoms with Gasteiger partial charge in [0.1, 0.15) is 5.82 Å². The third-order valence-corrected chi connectivity index (χ3v) is 3.58. The zero-order chi connectivity index (χ0) is 13.0. The maximum Gasteiger partial charge on any atom is 0.141 e. The van der Waals surface area contributed by atoms with Crippen LogP contribution in [-0.2, 0) is 0 Å². The topological polar surface area (TPSA) is 33.1 Å². The van der Waals surface area contributed by atoms with Gasteiger partial charge in [-0.15, -0.1) is 11.8 Å². The molecule has 0 bridgehead atoms. The summed E-state index contributed by atoms with van der Waals surface area (Å²) in [5.74, 6) is 0.0568. The van der Waals surface area contributed by atoms with Gasteiger partial charge < -0.3 is 5.11 Å². The molecule has 0 amide bonds. The smallest absolute Gasteiger partial charge is 0.141 e. The van der Waals surface area contributed by atoms with Crippen LogP contribution in [0.25, 0.3) is 0 Å². The van der Waals surface area contributed by atoms with Crippen molar-refractivity contribution >= 4 is 11.8 Å². The van der Waals surface area contributed by atoms with Crippen molar-refractivity contribution in [3.05, 3.63) is 59.7 Å². The van der Waals surface area contributed by atoms with Gasteiger partial charge in [0, 0.05) is 22.4 Å². The molecule has 1 aromatic carbocycles. The first-order chi connectivity index (χ1) is 8.65. The van der Waals surface area contributed by atoms with Crippen LogP contribution < -0.4 is 0 Å². The maximum atomic E-state index is 13.0. The van der Waals surface area contributed by atoms with E-state index in [-0.39, 0.29) is 0 Å². The van der Waals surface area contributed by atoms with Gasteiger partial charge >= 0.3 is 0 Å². The second kappa shape index (κ2) is 5.98. The molecule has 0 radical (unpaired) electrons. The number of aryl methyl sites for hydroxylation is 1. The fourth-order valence-corrected chi connectivity index (χ4v) is 2.57. The van der Waals surface area contributed by atoms with Crippen LogP contribution in [0.1, 0.15) is 17.2 Å². The van der Waals surface area contributed by atoms with Crippen molar-refractivity contribution in [3.63, 3.8) is 0 Å². The molecular weight excluding hydrogens is 249 g/mol. The summed E-state index contributed by atoms with van der Waals surface area (Å²) in [6, 6.07) is 9.37. The van der Waals surface area contributed by atoms with Crippen molar-refractivity contribution in [2.24, 2.45) is 0 Å². The van der Waals surface area contributed by atoms with Gasteiger partial charge in [0.15, 0.2) is 0 Å². The summed E-state index contributed by atoms with van der Waals surface area (Å²) in [4.78, 5) is 4.83. The molecule has 94 valence electrons.